The molecule has 0 aliphatic heterocycles. The lowest BCUT2D eigenvalue weighted by Gasteiger charge is -2.38. The van der Waals surface area contributed by atoms with Gasteiger partial charge < -0.3 is 9.53 Å². The molecule has 1 N–H and O–H groups in total. The Hall–Kier alpha value is 0.0669. The molecule has 2 nitrogen and oxygen atoms in total. The predicted molar refractivity (Wildman–Crippen MR) is 66.8 cm³/mol. The van der Waals surface area contributed by atoms with Crippen molar-refractivity contribution in [3.63, 3.8) is 0 Å². The van der Waals surface area contributed by atoms with Crippen LogP contribution >= 0.6 is 0 Å². The number of rotatable bonds is 3. The van der Waals surface area contributed by atoms with Gasteiger partial charge in [-0.25, -0.2) is 4.39 Å². The van der Waals surface area contributed by atoms with Crippen molar-refractivity contribution in [3.05, 3.63) is 0 Å². The monoisotopic (exact) mass is 248 g/mol. The van der Waals surface area contributed by atoms with Crippen molar-refractivity contribution in [2.45, 2.75) is 64.0 Å². The Morgan fingerprint density at radius 3 is 2.25 bits per heavy atom. The first-order valence-electron chi connectivity index (χ1n) is 6.10. The van der Waals surface area contributed by atoms with E-state index in [0.29, 0.717) is 12.8 Å². The van der Waals surface area contributed by atoms with Crippen LogP contribution in [0.4, 0.5) is 4.39 Å². The van der Waals surface area contributed by atoms with Crippen LogP contribution in [0.5, 0.6) is 0 Å². The first-order chi connectivity index (χ1) is 7.17. The highest BCUT2D eigenvalue weighted by atomic mass is 28.4. The maximum Gasteiger partial charge on any atom is 0.192 e. The van der Waals surface area contributed by atoms with Crippen molar-refractivity contribution in [1.82, 2.24) is 0 Å². The number of aliphatic hydroxyl groups is 1. The smallest absolute Gasteiger partial charge is 0.192 e. The van der Waals surface area contributed by atoms with Gasteiger partial charge in [-0.2, -0.15) is 0 Å². The Morgan fingerprint density at radius 1 is 1.31 bits per heavy atom. The van der Waals surface area contributed by atoms with E-state index in [1.165, 1.54) is 0 Å². The maximum atomic E-state index is 13.7. The van der Waals surface area contributed by atoms with E-state index < -0.39 is 14.5 Å². The van der Waals surface area contributed by atoms with Crippen molar-refractivity contribution in [3.8, 4) is 0 Å². The Balaban J connectivity index is 2.61. The van der Waals surface area contributed by atoms with Crippen LogP contribution in [0.2, 0.25) is 18.1 Å². The zero-order valence-electron chi connectivity index (χ0n) is 11.1. The molecule has 0 saturated heterocycles. The van der Waals surface area contributed by atoms with Gasteiger partial charge in [-0.3, -0.25) is 0 Å². The van der Waals surface area contributed by atoms with Crippen LogP contribution in [-0.4, -0.2) is 32.3 Å². The maximum absolute atomic E-state index is 13.7. The van der Waals surface area contributed by atoms with Gasteiger partial charge in [0.15, 0.2) is 8.32 Å². The van der Waals surface area contributed by atoms with Gasteiger partial charge in [-0.05, 0) is 36.9 Å². The summed E-state index contributed by atoms with van der Waals surface area (Å²) in [6.07, 6.45) is -0.0655. The molecule has 4 heteroatoms. The van der Waals surface area contributed by atoms with Crippen LogP contribution in [-0.2, 0) is 4.43 Å². The van der Waals surface area contributed by atoms with E-state index in [1.54, 1.807) is 0 Å². The summed E-state index contributed by atoms with van der Waals surface area (Å²) in [6, 6.07) is 0. The molecule has 0 unspecified atom stereocenters. The standard InChI is InChI=1S/C12H25FO2Si/c1-12(2,3)16(4,5)15-11-7-9(8-14)6-10(11)13/h9-11,14H,6-8H2,1-5H3/t9-,10+,11+/m1/s1. The molecule has 0 radical (unpaired) electrons. The Morgan fingerprint density at radius 2 is 1.88 bits per heavy atom. The molecule has 0 heterocycles. The molecule has 1 aliphatic carbocycles. The molecule has 1 fully saturated rings. The van der Waals surface area contributed by atoms with Gasteiger partial charge in [0.25, 0.3) is 0 Å². The first-order valence-corrected chi connectivity index (χ1v) is 9.01. The molecule has 1 aliphatic rings. The summed E-state index contributed by atoms with van der Waals surface area (Å²) < 4.78 is 19.8. The molecule has 1 rings (SSSR count). The third-order valence-corrected chi connectivity index (χ3v) is 8.54. The molecule has 16 heavy (non-hydrogen) atoms. The minimum absolute atomic E-state index is 0.0811. The second-order valence-electron chi connectivity index (χ2n) is 6.45. The van der Waals surface area contributed by atoms with Crippen molar-refractivity contribution in [2.24, 2.45) is 5.92 Å². The fourth-order valence-electron chi connectivity index (χ4n) is 1.87. The van der Waals surface area contributed by atoms with Crippen molar-refractivity contribution in [2.75, 3.05) is 6.61 Å². The average molecular weight is 248 g/mol. The van der Waals surface area contributed by atoms with Gasteiger partial charge in [-0.15, -0.1) is 0 Å². The number of hydrogen-bond donors (Lipinski definition) is 1. The lowest BCUT2D eigenvalue weighted by atomic mass is 10.1. The molecule has 0 amide bonds. The second kappa shape index (κ2) is 4.74. The van der Waals surface area contributed by atoms with Crippen LogP contribution in [0.25, 0.3) is 0 Å². The van der Waals surface area contributed by atoms with E-state index in [0.717, 1.165) is 0 Å². The topological polar surface area (TPSA) is 29.5 Å². The fraction of sp³-hybridized carbons (Fsp3) is 1.00. The number of hydrogen-bond acceptors (Lipinski definition) is 2. The molecule has 96 valence electrons. The van der Waals surface area contributed by atoms with E-state index in [9.17, 15) is 4.39 Å². The van der Waals surface area contributed by atoms with E-state index in [4.69, 9.17) is 9.53 Å². The van der Waals surface area contributed by atoms with Crippen molar-refractivity contribution >= 4 is 8.32 Å². The fourth-order valence-corrected chi connectivity index (χ4v) is 3.22. The van der Waals surface area contributed by atoms with Crippen LogP contribution in [0.1, 0.15) is 33.6 Å². The summed E-state index contributed by atoms with van der Waals surface area (Å²) in [6.45, 7) is 10.8. The van der Waals surface area contributed by atoms with Gasteiger partial charge in [0.05, 0.1) is 6.10 Å². The third kappa shape index (κ3) is 3.05. The second-order valence-corrected chi connectivity index (χ2v) is 11.2. The number of aliphatic hydroxyl groups excluding tert-OH is 1. The Kier molecular flexibility index (Phi) is 4.19. The quantitative estimate of drug-likeness (QED) is 0.778. The zero-order valence-corrected chi connectivity index (χ0v) is 12.1. The van der Waals surface area contributed by atoms with Gasteiger partial charge in [0.2, 0.25) is 0 Å². The molecule has 0 aromatic heterocycles. The Bertz CT molecular complexity index is 238. The molecule has 0 spiro atoms. The molecule has 1 saturated carbocycles. The number of alkyl halides is 1. The van der Waals surface area contributed by atoms with Gasteiger partial charge in [0.1, 0.15) is 6.17 Å². The van der Waals surface area contributed by atoms with Crippen molar-refractivity contribution < 1.29 is 13.9 Å². The minimum atomic E-state index is -1.88. The average Bonchev–Trinajstić information content (AvgIpc) is 2.44. The van der Waals surface area contributed by atoms with Gasteiger partial charge >= 0.3 is 0 Å². The predicted octanol–water partition coefficient (Wildman–Crippen LogP) is 3.12. The summed E-state index contributed by atoms with van der Waals surface area (Å²) in [5.41, 5.74) is 0. The highest BCUT2D eigenvalue weighted by Gasteiger charge is 2.43. The Labute approximate surface area is 99.3 Å². The summed E-state index contributed by atoms with van der Waals surface area (Å²) in [5.74, 6) is 0.0877. The minimum Gasteiger partial charge on any atom is -0.411 e. The zero-order chi connectivity index (χ0) is 12.6. The summed E-state index contributed by atoms with van der Waals surface area (Å²) >= 11 is 0. The lowest BCUT2D eigenvalue weighted by Crippen LogP contribution is -2.45. The SMILES string of the molecule is CC(C)(C)[Si](C)(C)O[C@H]1C[C@H](CO)C[C@@H]1F. The van der Waals surface area contributed by atoms with Crippen LogP contribution in [0, 0.1) is 5.92 Å². The summed E-state index contributed by atoms with van der Waals surface area (Å²) in [7, 11) is -1.88. The van der Waals surface area contributed by atoms with Crippen LogP contribution in [0.3, 0.4) is 0 Å². The molecule has 0 aromatic carbocycles. The lowest BCUT2D eigenvalue weighted by molar-refractivity contribution is 0.110. The van der Waals surface area contributed by atoms with Crippen molar-refractivity contribution in [1.29, 1.82) is 0 Å². The summed E-state index contributed by atoms with van der Waals surface area (Å²) in [5, 5.41) is 9.16. The first kappa shape index (κ1) is 14.1. The normalized spacial score (nSPS) is 32.1. The molecular formula is C12H25FO2Si. The van der Waals surface area contributed by atoms with E-state index in [2.05, 4.69) is 33.9 Å². The molecule has 0 aromatic rings. The number of halogens is 1. The largest absolute Gasteiger partial charge is 0.411 e. The molecule has 3 atom stereocenters. The van der Waals surface area contributed by atoms with Gasteiger partial charge in [0, 0.05) is 6.61 Å². The molecule has 0 bridgehead atoms. The van der Waals surface area contributed by atoms with Crippen LogP contribution in [0.15, 0.2) is 0 Å². The highest BCUT2D eigenvalue weighted by Crippen LogP contribution is 2.41. The summed E-state index contributed by atoms with van der Waals surface area (Å²) in [4.78, 5) is 0. The van der Waals surface area contributed by atoms with E-state index >= 15 is 0 Å². The highest BCUT2D eigenvalue weighted by molar-refractivity contribution is 6.74. The van der Waals surface area contributed by atoms with Crippen LogP contribution < -0.4 is 0 Å². The van der Waals surface area contributed by atoms with Gasteiger partial charge in [-0.1, -0.05) is 20.8 Å². The van der Waals surface area contributed by atoms with E-state index in [-0.39, 0.29) is 23.7 Å². The third-order valence-electron chi connectivity index (χ3n) is 4.04. The molecular weight excluding hydrogens is 223 g/mol. The van der Waals surface area contributed by atoms with E-state index in [1.807, 2.05) is 0 Å².